The molecule has 0 bridgehead atoms. The van der Waals surface area contributed by atoms with Crippen LogP contribution in [0.15, 0.2) is 28.9 Å². The first-order valence-electron chi connectivity index (χ1n) is 7.10. The Morgan fingerprint density at radius 3 is 2.71 bits per heavy atom. The smallest absolute Gasteiger partial charge is 0.237 e. The highest BCUT2D eigenvalue weighted by Gasteiger charge is 2.37. The van der Waals surface area contributed by atoms with Crippen molar-refractivity contribution in [1.29, 1.82) is 0 Å². The molecule has 1 aromatic carbocycles. The molecule has 1 aromatic heterocycles. The Kier molecular flexibility index (Phi) is 2.37. The third kappa shape index (κ3) is 1.49. The van der Waals surface area contributed by atoms with E-state index in [1.54, 1.807) is 13.2 Å². The number of Topliss-reactive ketones (excluding diaryl/α,β-unsaturated/α-hetero) is 2. The molecular formula is C18H14O3. The van der Waals surface area contributed by atoms with E-state index in [-0.39, 0.29) is 0 Å². The zero-order valence-electron chi connectivity index (χ0n) is 11.9. The number of hydrogen-bond acceptors (Lipinski definition) is 3. The fraction of sp³-hybridized carbons (Fsp3) is 0.222. The molecular weight excluding hydrogens is 264 g/mol. The second kappa shape index (κ2) is 4.04. The fourth-order valence-electron chi connectivity index (χ4n) is 3.35. The van der Waals surface area contributed by atoms with Crippen LogP contribution in [0.5, 0.6) is 0 Å². The summed E-state index contributed by atoms with van der Waals surface area (Å²) in [6, 6.07) is 3.96. The summed E-state index contributed by atoms with van der Waals surface area (Å²) in [6.45, 7) is 3.92. The van der Waals surface area contributed by atoms with Crippen molar-refractivity contribution in [3.8, 4) is 11.3 Å². The van der Waals surface area contributed by atoms with Gasteiger partial charge in [-0.05, 0) is 36.0 Å². The zero-order valence-corrected chi connectivity index (χ0v) is 11.9. The number of benzene rings is 1. The fourth-order valence-corrected chi connectivity index (χ4v) is 3.35. The van der Waals surface area contributed by atoms with Crippen LogP contribution in [-0.2, 0) is 0 Å². The molecule has 0 radical (unpaired) electrons. The van der Waals surface area contributed by atoms with Crippen LogP contribution in [0.2, 0.25) is 0 Å². The van der Waals surface area contributed by atoms with Crippen LogP contribution in [0.4, 0.5) is 0 Å². The molecule has 0 fully saturated rings. The molecule has 3 heteroatoms. The lowest BCUT2D eigenvalue weighted by Crippen LogP contribution is -2.23. The molecule has 0 aliphatic heterocycles. The van der Waals surface area contributed by atoms with Crippen molar-refractivity contribution >= 4 is 17.6 Å². The number of hydrogen-bond donors (Lipinski definition) is 0. The number of fused-ring (bicyclic) bond motifs is 5. The molecule has 1 heterocycles. The predicted molar refractivity (Wildman–Crippen MR) is 79.6 cm³/mol. The Labute approximate surface area is 122 Å². The summed E-state index contributed by atoms with van der Waals surface area (Å²) in [6.07, 6.45) is 6.52. The van der Waals surface area contributed by atoms with Gasteiger partial charge < -0.3 is 4.42 Å². The number of aryl methyl sites for hydroxylation is 1. The highest BCUT2D eigenvalue weighted by atomic mass is 16.3. The second-order valence-corrected chi connectivity index (χ2v) is 5.81. The first-order valence-corrected chi connectivity index (χ1v) is 7.10. The van der Waals surface area contributed by atoms with Crippen LogP contribution in [-0.4, -0.2) is 11.6 Å². The predicted octanol–water partition coefficient (Wildman–Crippen LogP) is 4.15. The number of rotatable bonds is 0. The normalized spacial score (nSPS) is 19.2. The van der Waals surface area contributed by atoms with Crippen LogP contribution in [0.3, 0.4) is 0 Å². The first-order chi connectivity index (χ1) is 10.1. The summed E-state index contributed by atoms with van der Waals surface area (Å²) in [5.41, 5.74) is 4.38. The molecule has 1 unspecified atom stereocenters. The van der Waals surface area contributed by atoms with Gasteiger partial charge in [-0.1, -0.05) is 31.2 Å². The summed E-state index contributed by atoms with van der Waals surface area (Å²) >= 11 is 0. The van der Waals surface area contributed by atoms with Crippen LogP contribution in [0.1, 0.15) is 56.7 Å². The lowest BCUT2D eigenvalue weighted by Gasteiger charge is -2.23. The first kappa shape index (κ1) is 12.3. The SMILES string of the molecule is Cc1coc2c1C(=O)C(=O)c1c-2ccc2c1C=CCC2C. The van der Waals surface area contributed by atoms with Gasteiger partial charge in [0.25, 0.3) is 0 Å². The summed E-state index contributed by atoms with van der Waals surface area (Å²) in [4.78, 5) is 25.0. The maximum Gasteiger partial charge on any atom is 0.237 e. The highest BCUT2D eigenvalue weighted by molar-refractivity contribution is 6.53. The van der Waals surface area contributed by atoms with Crippen molar-refractivity contribution in [1.82, 2.24) is 0 Å². The largest absolute Gasteiger partial charge is 0.463 e. The molecule has 1 atom stereocenters. The monoisotopic (exact) mass is 278 g/mol. The van der Waals surface area contributed by atoms with Crippen molar-refractivity contribution in [3.05, 3.63) is 52.3 Å². The molecule has 2 aliphatic rings. The zero-order chi connectivity index (χ0) is 14.7. The van der Waals surface area contributed by atoms with E-state index in [0.29, 0.717) is 22.8 Å². The Morgan fingerprint density at radius 2 is 1.90 bits per heavy atom. The van der Waals surface area contributed by atoms with Crippen LogP contribution >= 0.6 is 0 Å². The Hall–Kier alpha value is -2.42. The van der Waals surface area contributed by atoms with Crippen LogP contribution in [0.25, 0.3) is 17.4 Å². The van der Waals surface area contributed by atoms with Gasteiger partial charge in [0.05, 0.1) is 11.8 Å². The van der Waals surface area contributed by atoms with Gasteiger partial charge in [0, 0.05) is 11.1 Å². The van der Waals surface area contributed by atoms with Crippen molar-refractivity contribution < 1.29 is 14.0 Å². The van der Waals surface area contributed by atoms with E-state index >= 15 is 0 Å². The van der Waals surface area contributed by atoms with E-state index in [2.05, 4.69) is 13.0 Å². The minimum absolute atomic E-state index is 0.359. The number of carbonyl (C=O) groups is 2. The van der Waals surface area contributed by atoms with Gasteiger partial charge in [-0.25, -0.2) is 0 Å². The third-order valence-electron chi connectivity index (χ3n) is 4.46. The molecule has 2 aliphatic carbocycles. The van der Waals surface area contributed by atoms with E-state index in [4.69, 9.17) is 4.42 Å². The maximum atomic E-state index is 12.6. The number of furan rings is 1. The van der Waals surface area contributed by atoms with Crippen molar-refractivity contribution in [2.75, 3.05) is 0 Å². The van der Waals surface area contributed by atoms with Gasteiger partial charge in [-0.15, -0.1) is 0 Å². The molecule has 4 rings (SSSR count). The van der Waals surface area contributed by atoms with Gasteiger partial charge in [0.15, 0.2) is 0 Å². The average Bonchev–Trinajstić information content (AvgIpc) is 2.86. The van der Waals surface area contributed by atoms with Gasteiger partial charge in [-0.2, -0.15) is 0 Å². The lowest BCUT2D eigenvalue weighted by molar-refractivity contribution is 0.0814. The number of allylic oxidation sites excluding steroid dienone is 1. The van der Waals surface area contributed by atoms with Gasteiger partial charge in [0.2, 0.25) is 11.6 Å². The van der Waals surface area contributed by atoms with E-state index in [9.17, 15) is 9.59 Å². The van der Waals surface area contributed by atoms with Crippen molar-refractivity contribution in [2.45, 2.75) is 26.2 Å². The molecule has 104 valence electrons. The van der Waals surface area contributed by atoms with Gasteiger partial charge in [-0.3, -0.25) is 9.59 Å². The third-order valence-corrected chi connectivity index (χ3v) is 4.46. The molecule has 3 nitrogen and oxygen atoms in total. The minimum Gasteiger partial charge on any atom is -0.463 e. The maximum absolute atomic E-state index is 12.6. The van der Waals surface area contributed by atoms with Gasteiger partial charge >= 0.3 is 0 Å². The molecule has 0 amide bonds. The summed E-state index contributed by atoms with van der Waals surface area (Å²) < 4.78 is 5.55. The topological polar surface area (TPSA) is 47.3 Å². The van der Waals surface area contributed by atoms with Gasteiger partial charge in [0.1, 0.15) is 5.76 Å². The molecule has 0 saturated carbocycles. The molecule has 21 heavy (non-hydrogen) atoms. The standard InChI is InChI=1S/C18H14O3/c1-9-4-3-5-12-11(9)6-7-13-15(12)17(20)16(19)14-10(2)8-21-18(13)14/h3,5-9H,4H2,1-2H3. The number of carbonyl (C=O) groups excluding carboxylic acids is 2. The van der Waals surface area contributed by atoms with Crippen LogP contribution in [0, 0.1) is 6.92 Å². The van der Waals surface area contributed by atoms with E-state index in [1.165, 1.54) is 0 Å². The Balaban J connectivity index is 2.10. The lowest BCUT2D eigenvalue weighted by atomic mass is 9.78. The van der Waals surface area contributed by atoms with E-state index in [1.807, 2.05) is 18.2 Å². The summed E-state index contributed by atoms with van der Waals surface area (Å²) in [5, 5.41) is 0. The van der Waals surface area contributed by atoms with Crippen LogP contribution < -0.4 is 0 Å². The summed E-state index contributed by atoms with van der Waals surface area (Å²) in [5.74, 6) is 0.0147. The van der Waals surface area contributed by atoms with Crippen molar-refractivity contribution in [2.24, 2.45) is 0 Å². The average molecular weight is 278 g/mol. The molecule has 0 N–H and O–H groups in total. The Bertz CT molecular complexity index is 836. The second-order valence-electron chi connectivity index (χ2n) is 5.81. The quantitative estimate of drug-likeness (QED) is 0.680. The molecule has 0 spiro atoms. The highest BCUT2D eigenvalue weighted by Crippen LogP contribution is 2.42. The summed E-state index contributed by atoms with van der Waals surface area (Å²) in [7, 11) is 0. The Morgan fingerprint density at radius 1 is 1.14 bits per heavy atom. The molecule has 0 saturated heterocycles. The van der Waals surface area contributed by atoms with Crippen molar-refractivity contribution in [3.63, 3.8) is 0 Å². The van der Waals surface area contributed by atoms with E-state index < -0.39 is 11.6 Å². The number of ketones is 2. The molecule has 2 aromatic rings. The van der Waals surface area contributed by atoms with E-state index in [0.717, 1.165) is 28.7 Å². The minimum atomic E-state index is -0.455.